The molecule has 5 N–H and O–H groups in total. The molecule has 4 fully saturated rings. The molecular weight excluding hydrogens is 1890 g/mol. The van der Waals surface area contributed by atoms with Gasteiger partial charge in [-0.2, -0.15) is 15.4 Å². The highest BCUT2D eigenvalue weighted by molar-refractivity contribution is 7.97. The number of halogens is 12. The summed E-state index contributed by atoms with van der Waals surface area (Å²) in [6, 6.07) is 21.5. The molecule has 4 aliphatic rings. The number of aryl methyl sites for hydroxylation is 4. The number of nitrogens with zero attached hydrogens (tertiary/aromatic N) is 20. The first kappa shape index (κ1) is 101. The number of benzene rings is 4. The predicted octanol–water partition coefficient (Wildman–Crippen LogP) is 14.8. The zero-order valence-corrected chi connectivity index (χ0v) is 79.3. The number of rotatable bonds is 23. The van der Waals surface area contributed by atoms with Crippen LogP contribution in [-0.2, 0) is 43.3 Å². The van der Waals surface area contributed by atoms with Crippen LogP contribution in [0, 0.1) is 23.3 Å². The zero-order valence-electron chi connectivity index (χ0n) is 78.5. The molecule has 4 saturated heterocycles. The molecule has 33 nitrogen and oxygen atoms in total. The summed E-state index contributed by atoms with van der Waals surface area (Å²) in [5.74, 6) is -0.599. The van der Waals surface area contributed by atoms with E-state index in [1.807, 2.05) is 18.9 Å². The van der Waals surface area contributed by atoms with Crippen LogP contribution in [0.4, 0.5) is 81.6 Å². The molecule has 46 heteroatoms. The van der Waals surface area contributed by atoms with Crippen LogP contribution in [-0.4, -0.2) is 190 Å². The minimum atomic E-state index is -2.96. The van der Waals surface area contributed by atoms with Crippen LogP contribution in [0.1, 0.15) is 203 Å². The maximum Gasteiger partial charge on any atom is 0.266 e. The van der Waals surface area contributed by atoms with Gasteiger partial charge >= 0.3 is 0 Å². The molecule has 18 rings (SSSR count). The van der Waals surface area contributed by atoms with E-state index >= 15 is 0 Å². The van der Waals surface area contributed by atoms with Gasteiger partial charge in [0.15, 0.2) is 0 Å². The minimum absolute atomic E-state index is 0.0165. The van der Waals surface area contributed by atoms with E-state index in [0.717, 1.165) is 56.6 Å². The van der Waals surface area contributed by atoms with Gasteiger partial charge in [-0.3, -0.25) is 61.0 Å². The van der Waals surface area contributed by atoms with Gasteiger partial charge in [-0.1, -0.05) is 79.7 Å². The van der Waals surface area contributed by atoms with Crippen molar-refractivity contribution in [1.29, 1.82) is 0 Å². The summed E-state index contributed by atoms with van der Waals surface area (Å²) in [7, 11) is 7.26. The van der Waals surface area contributed by atoms with Crippen LogP contribution in [0.3, 0.4) is 0 Å². The van der Waals surface area contributed by atoms with E-state index in [4.69, 9.17) is 0 Å². The van der Waals surface area contributed by atoms with E-state index in [1.165, 1.54) is 150 Å². The molecule has 0 aliphatic carbocycles. The van der Waals surface area contributed by atoms with Crippen molar-refractivity contribution in [3.05, 3.63) is 290 Å². The number of anilines is 5. The monoisotopic (exact) mass is 1990 g/mol. The highest BCUT2D eigenvalue weighted by Gasteiger charge is 2.46. The standard InChI is InChI=1S/C25H27F3N6O2.C24H23F3N8O2.C24H21F3N6O2.C23H26F3N5O2S/c1-13(16-5-4-6-17(20(16)26)21(27)28)31-22-18-9-19(24(35)33(3)23(18)30-12-29-22)25(36)34-14-7-8-15(34)11-32(2)10-14;1-12(13-5-3-6-14(19(13)25)20(26)27)31-21-15-9-16(23(36)34(2)22(15)29-11-28-21)24(37)35-8-4-7-18(35)17-10-30-33-32-17;1-13(15-7-4-8-16(19(15)25)20(26)27)31-21-17-10-18(24(35)33(3)22(17)30-12-29-21)23(34)32(2)14-6-5-9-28-11-14;1-13(14-7-6-8-15(18(14)24)19(25)26)29-20-16-9-17(22(32)30(3)21(16)28-12-27-20)23(2)10-31(11-23)34(4,5)33/h4-6,9,12-15,21H,7-8,10-11H2,1-3H3,(H,29,30,31);3,5-6,9-12,18,20H,4,7-8H2,1-2H3,(H,28,29,31)(H,30,32,33);4-13,20H,1-3H3,(H,29,30,31);6-9,12-13,19H,4,10-11H2,1-3,5H3,(H,27,28,29)/t13-,14?,15?;12-,18-;13-;13-,34?/m1111/s1. The average molecular weight is 1990 g/mol. The SMILES string of the molecule is C=S(C)(=O)N1CC(C)(c2cc3c(N[C@H](C)c4cccc(C(F)F)c4F)ncnc3n(C)c2=O)C1.C[C@@H](Nc1ncnc2c1cc(C(=O)N(C)c1cccnc1)c(=O)n2C)c1cccc(C(F)F)c1F.C[C@@H](Nc1ncnc2c1cc(C(=O)N1C3CCC1CN(C)C3)c(=O)n2C)c1cccc(C(F)F)c1F.C[C@@H](Nc1ncnc2c1cc(C(=O)N1CCC[C@@H]1c1cn[nH]n1)c(=O)n2C)c1cccc(C(F)F)c1F. The topological polar surface area (TPSA) is 378 Å². The molecule has 142 heavy (non-hydrogen) atoms. The third-order valence-electron chi connectivity index (χ3n) is 25.9. The van der Waals surface area contributed by atoms with E-state index < -0.39 is 139 Å². The molecule has 0 spiro atoms. The van der Waals surface area contributed by atoms with Crippen molar-refractivity contribution in [2.45, 2.75) is 134 Å². The molecule has 0 radical (unpaired) electrons. The molecular formula is C96H97F12N25O8S. The largest absolute Gasteiger partial charge is 0.363 e. The van der Waals surface area contributed by atoms with Gasteiger partial charge in [0.05, 0.1) is 92.1 Å². The third kappa shape index (κ3) is 20.1. The summed E-state index contributed by atoms with van der Waals surface area (Å²) in [5.41, 5.74) is -2.32. The van der Waals surface area contributed by atoms with Crippen molar-refractivity contribution in [2.75, 3.05) is 79.2 Å². The highest BCUT2D eigenvalue weighted by atomic mass is 32.2. The summed E-state index contributed by atoms with van der Waals surface area (Å²) in [6.45, 7) is 11.1. The predicted molar refractivity (Wildman–Crippen MR) is 510 cm³/mol. The second-order valence-corrected chi connectivity index (χ2v) is 37.9. The summed E-state index contributed by atoms with van der Waals surface area (Å²) in [4.78, 5) is 137. The number of likely N-dealkylation sites (N-methyl/N-ethyl adjacent to an activating group) is 1. The maximum atomic E-state index is 14.7. The third-order valence-corrected chi connectivity index (χ3v) is 27.3. The number of fused-ring (bicyclic) bond motifs is 6. The van der Waals surface area contributed by atoms with Crippen molar-refractivity contribution in [1.82, 2.24) is 97.5 Å². The van der Waals surface area contributed by atoms with Crippen molar-refractivity contribution in [3.63, 3.8) is 0 Å². The zero-order chi connectivity index (χ0) is 102. The lowest BCUT2D eigenvalue weighted by atomic mass is 9.77. The van der Waals surface area contributed by atoms with Crippen LogP contribution in [0.15, 0.2) is 172 Å². The molecule has 3 unspecified atom stereocenters. The van der Waals surface area contributed by atoms with Crippen LogP contribution in [0.5, 0.6) is 0 Å². The number of pyridine rings is 5. The van der Waals surface area contributed by atoms with Crippen LogP contribution >= 0.6 is 0 Å². The van der Waals surface area contributed by atoms with E-state index in [1.54, 1.807) is 80.8 Å². The molecule has 14 aromatic rings. The van der Waals surface area contributed by atoms with Crippen LogP contribution in [0.2, 0.25) is 0 Å². The van der Waals surface area contributed by atoms with Gasteiger partial charge < -0.3 is 40.9 Å². The quantitative estimate of drug-likeness (QED) is 0.0293. The number of likely N-dealkylation sites (tertiary alicyclic amines) is 2. The van der Waals surface area contributed by atoms with E-state index in [2.05, 4.69) is 92.3 Å². The van der Waals surface area contributed by atoms with Gasteiger partial charge in [0.25, 0.3) is 65.7 Å². The van der Waals surface area contributed by atoms with E-state index in [0.29, 0.717) is 81.7 Å². The fourth-order valence-corrected chi connectivity index (χ4v) is 19.4. The smallest absolute Gasteiger partial charge is 0.266 e. The van der Waals surface area contributed by atoms with Crippen molar-refractivity contribution >= 4 is 106 Å². The Morgan fingerprint density at radius 2 is 0.845 bits per heavy atom. The number of hydrogen-bond donors (Lipinski definition) is 5. The second-order valence-electron chi connectivity index (χ2n) is 35.5. The molecule has 8 atom stereocenters. The molecule has 4 aromatic carbocycles. The fourth-order valence-electron chi connectivity index (χ4n) is 18.3. The molecule has 0 saturated carbocycles. The Hall–Kier alpha value is -15.0. The number of amides is 3. The second kappa shape index (κ2) is 41.5. The lowest BCUT2D eigenvalue weighted by Gasteiger charge is -2.48. The Morgan fingerprint density at radius 1 is 0.486 bits per heavy atom. The van der Waals surface area contributed by atoms with Gasteiger partial charge in [0.1, 0.15) is 117 Å². The Kier molecular flexibility index (Phi) is 29.6. The molecule has 14 heterocycles. The number of carbonyl (C=O) groups is 3. The lowest BCUT2D eigenvalue weighted by molar-refractivity contribution is 0.0470. The van der Waals surface area contributed by atoms with Gasteiger partial charge in [-0.15, -0.1) is 0 Å². The highest BCUT2D eigenvalue weighted by Crippen LogP contribution is 2.41. The number of alkyl halides is 8. The van der Waals surface area contributed by atoms with Gasteiger partial charge in [-0.05, 0) is 103 Å². The molecule has 4 aliphatic heterocycles. The van der Waals surface area contributed by atoms with Crippen LogP contribution < -0.4 is 48.4 Å². The molecule has 10 aromatic heterocycles. The number of hydrogen-bond acceptors (Lipinski definition) is 24. The van der Waals surface area contributed by atoms with Gasteiger partial charge in [0, 0.05) is 135 Å². The number of H-pyrrole nitrogens is 1. The Bertz CT molecular complexity index is 7560. The minimum Gasteiger partial charge on any atom is -0.363 e. The van der Waals surface area contributed by atoms with Gasteiger partial charge in [0.2, 0.25) is 0 Å². The number of aromatic nitrogens is 16. The van der Waals surface area contributed by atoms with Crippen molar-refractivity contribution < 1.29 is 71.3 Å². The number of nitrogens with one attached hydrogen (secondary N) is 5. The lowest BCUT2D eigenvalue weighted by Crippen LogP contribution is -2.60. The summed E-state index contributed by atoms with van der Waals surface area (Å²) < 4.78 is 183. The number of aromatic amines is 1. The molecule has 744 valence electrons. The number of carbonyl (C=O) groups excluding carboxylic acids is 3. The van der Waals surface area contributed by atoms with Crippen molar-refractivity contribution in [2.24, 2.45) is 28.2 Å². The average Bonchev–Trinajstić information content (AvgIpc) is 0.823. The van der Waals surface area contributed by atoms with Crippen LogP contribution in [0.25, 0.3) is 44.1 Å². The summed E-state index contributed by atoms with van der Waals surface area (Å²) >= 11 is 0. The first-order valence-corrected chi connectivity index (χ1v) is 46.7. The van der Waals surface area contributed by atoms with E-state index in [9.17, 15) is 90.5 Å². The summed E-state index contributed by atoms with van der Waals surface area (Å²) in [6.07, 6.45) is 2.58. The first-order valence-electron chi connectivity index (χ1n) is 44.6. The number of piperazine rings is 1. The Labute approximate surface area is 802 Å². The van der Waals surface area contributed by atoms with Crippen molar-refractivity contribution in [3.8, 4) is 0 Å². The normalized spacial score (nSPS) is 17.0. The fraction of sp³-hybridized carbons (Fsp3) is 0.344. The van der Waals surface area contributed by atoms with E-state index in [-0.39, 0.29) is 97.3 Å². The Balaban J connectivity index is 0.000000143. The maximum absolute atomic E-state index is 14.7. The molecule has 3 amide bonds. The molecule has 2 bridgehead atoms. The van der Waals surface area contributed by atoms with Gasteiger partial charge in [-0.25, -0.2) is 96.9 Å². The first-order chi connectivity index (χ1) is 67.5. The summed E-state index contributed by atoms with van der Waals surface area (Å²) in [5, 5.41) is 24.2. The Morgan fingerprint density at radius 3 is 1.20 bits per heavy atom.